The molecule has 0 aliphatic carbocycles. The van der Waals surface area contributed by atoms with Crippen molar-refractivity contribution in [1.82, 2.24) is 10.2 Å². The van der Waals surface area contributed by atoms with E-state index in [9.17, 15) is 14.9 Å². The molecule has 1 aliphatic rings. The Labute approximate surface area is 123 Å². The highest BCUT2D eigenvalue weighted by atomic mass is 16.6. The summed E-state index contributed by atoms with van der Waals surface area (Å²) in [5.74, 6) is -0.692. The molecule has 1 unspecified atom stereocenters. The molecule has 21 heavy (non-hydrogen) atoms. The minimum Gasteiger partial charge on any atom is -0.465 e. The number of carbonyl (C=O) groups excluding carboxylic acids is 1. The molecule has 1 aromatic rings. The second kappa shape index (κ2) is 6.64. The molecular weight excluding hydrogens is 274 g/mol. The zero-order chi connectivity index (χ0) is 15.4. The first-order valence-corrected chi connectivity index (χ1v) is 6.86. The third-order valence-electron chi connectivity index (χ3n) is 3.81. The van der Waals surface area contributed by atoms with Crippen molar-refractivity contribution in [2.75, 3.05) is 33.3 Å². The lowest BCUT2D eigenvalue weighted by Gasteiger charge is -2.33. The van der Waals surface area contributed by atoms with Gasteiger partial charge in [-0.25, -0.2) is 4.79 Å². The number of benzene rings is 1. The van der Waals surface area contributed by atoms with Crippen LogP contribution in [-0.2, 0) is 4.74 Å². The van der Waals surface area contributed by atoms with Crippen LogP contribution in [0.4, 0.5) is 5.69 Å². The normalized spacial score (nSPS) is 17.2. The molecule has 0 aromatic heterocycles. The van der Waals surface area contributed by atoms with Crippen LogP contribution < -0.4 is 5.32 Å². The van der Waals surface area contributed by atoms with Crippen LogP contribution in [0.2, 0.25) is 0 Å². The lowest BCUT2D eigenvalue weighted by Crippen LogP contribution is -2.44. The maximum Gasteiger partial charge on any atom is 0.344 e. The Bertz CT molecular complexity index is 541. The number of carbonyl (C=O) groups is 1. The Morgan fingerprint density at radius 2 is 2.10 bits per heavy atom. The number of hydrogen-bond donors (Lipinski definition) is 1. The number of methoxy groups -OCH3 is 1. The number of ether oxygens (including phenoxy) is 1. The van der Waals surface area contributed by atoms with Crippen LogP contribution in [0, 0.1) is 10.1 Å². The molecule has 0 bridgehead atoms. The molecule has 1 aromatic carbocycles. The van der Waals surface area contributed by atoms with Gasteiger partial charge in [0.1, 0.15) is 5.56 Å². The van der Waals surface area contributed by atoms with Gasteiger partial charge in [0.25, 0.3) is 5.69 Å². The average Bonchev–Trinajstić information content (AvgIpc) is 2.53. The number of nitro groups is 1. The monoisotopic (exact) mass is 293 g/mol. The predicted molar refractivity (Wildman–Crippen MR) is 77.3 cm³/mol. The van der Waals surface area contributed by atoms with Crippen molar-refractivity contribution in [2.45, 2.75) is 13.0 Å². The molecule has 1 aliphatic heterocycles. The summed E-state index contributed by atoms with van der Waals surface area (Å²) < 4.78 is 4.58. The van der Waals surface area contributed by atoms with Crippen LogP contribution in [-0.4, -0.2) is 49.1 Å². The van der Waals surface area contributed by atoms with Crippen LogP contribution in [0.3, 0.4) is 0 Å². The number of nitro benzene ring substituents is 1. The maximum atomic E-state index is 11.6. The molecule has 2 rings (SSSR count). The van der Waals surface area contributed by atoms with Gasteiger partial charge in [-0.1, -0.05) is 6.07 Å². The van der Waals surface area contributed by atoms with Crippen molar-refractivity contribution in [3.8, 4) is 0 Å². The SMILES string of the molecule is COC(=O)c1ccc(C(C)N2CCNCC2)cc1[N+](=O)[O-]. The van der Waals surface area contributed by atoms with Crippen LogP contribution in [0.15, 0.2) is 18.2 Å². The Morgan fingerprint density at radius 1 is 1.43 bits per heavy atom. The van der Waals surface area contributed by atoms with Crippen molar-refractivity contribution < 1.29 is 14.5 Å². The van der Waals surface area contributed by atoms with Gasteiger partial charge >= 0.3 is 5.97 Å². The third-order valence-corrected chi connectivity index (χ3v) is 3.81. The van der Waals surface area contributed by atoms with E-state index in [1.807, 2.05) is 6.92 Å². The summed E-state index contributed by atoms with van der Waals surface area (Å²) in [6.07, 6.45) is 0. The number of nitrogens with one attached hydrogen (secondary N) is 1. The second-order valence-electron chi connectivity index (χ2n) is 4.99. The summed E-state index contributed by atoms with van der Waals surface area (Å²) in [5.41, 5.74) is 0.608. The maximum absolute atomic E-state index is 11.6. The molecule has 0 amide bonds. The number of nitrogens with zero attached hydrogens (tertiary/aromatic N) is 2. The predicted octanol–water partition coefficient (Wildman–Crippen LogP) is 1.35. The zero-order valence-corrected chi connectivity index (χ0v) is 12.2. The Balaban J connectivity index is 2.30. The van der Waals surface area contributed by atoms with E-state index >= 15 is 0 Å². The molecular formula is C14H19N3O4. The van der Waals surface area contributed by atoms with Gasteiger partial charge in [0.15, 0.2) is 0 Å². The van der Waals surface area contributed by atoms with E-state index in [-0.39, 0.29) is 17.3 Å². The lowest BCUT2D eigenvalue weighted by molar-refractivity contribution is -0.385. The van der Waals surface area contributed by atoms with Gasteiger partial charge in [-0.2, -0.15) is 0 Å². The molecule has 0 saturated carbocycles. The fourth-order valence-electron chi connectivity index (χ4n) is 2.52. The van der Waals surface area contributed by atoms with E-state index in [0.717, 1.165) is 31.7 Å². The van der Waals surface area contributed by atoms with Crippen molar-refractivity contribution in [3.05, 3.63) is 39.4 Å². The molecule has 114 valence electrons. The molecule has 0 radical (unpaired) electrons. The zero-order valence-electron chi connectivity index (χ0n) is 12.2. The van der Waals surface area contributed by atoms with Gasteiger partial charge in [0, 0.05) is 38.3 Å². The Morgan fingerprint density at radius 3 is 2.67 bits per heavy atom. The molecule has 1 heterocycles. The summed E-state index contributed by atoms with van der Waals surface area (Å²) in [6.45, 7) is 5.63. The Hall–Kier alpha value is -1.99. The molecule has 1 saturated heterocycles. The van der Waals surface area contributed by atoms with Crippen molar-refractivity contribution >= 4 is 11.7 Å². The van der Waals surface area contributed by atoms with Crippen LogP contribution in [0.5, 0.6) is 0 Å². The fourth-order valence-corrected chi connectivity index (χ4v) is 2.52. The van der Waals surface area contributed by atoms with Crippen molar-refractivity contribution in [3.63, 3.8) is 0 Å². The average molecular weight is 293 g/mol. The van der Waals surface area contributed by atoms with Crippen molar-refractivity contribution in [1.29, 1.82) is 0 Å². The number of hydrogen-bond acceptors (Lipinski definition) is 6. The van der Waals surface area contributed by atoms with Crippen molar-refractivity contribution in [2.24, 2.45) is 0 Å². The van der Waals surface area contributed by atoms with Gasteiger partial charge in [-0.05, 0) is 18.6 Å². The molecule has 1 atom stereocenters. The molecule has 1 fully saturated rings. The fraction of sp³-hybridized carbons (Fsp3) is 0.500. The molecule has 0 spiro atoms. The van der Waals surface area contributed by atoms with E-state index in [0.29, 0.717) is 0 Å². The summed E-state index contributed by atoms with van der Waals surface area (Å²) in [5, 5.41) is 14.4. The van der Waals surface area contributed by atoms with E-state index in [1.54, 1.807) is 6.07 Å². The highest BCUT2D eigenvalue weighted by molar-refractivity contribution is 5.93. The minimum absolute atomic E-state index is 0.0150. The summed E-state index contributed by atoms with van der Waals surface area (Å²) in [4.78, 5) is 24.5. The largest absolute Gasteiger partial charge is 0.465 e. The molecule has 1 N–H and O–H groups in total. The van der Waals surface area contributed by atoms with Crippen LogP contribution >= 0.6 is 0 Å². The van der Waals surface area contributed by atoms with Crippen LogP contribution in [0.1, 0.15) is 28.9 Å². The number of rotatable bonds is 4. The van der Waals surface area contributed by atoms with Gasteiger partial charge in [0.2, 0.25) is 0 Å². The van der Waals surface area contributed by atoms with E-state index in [2.05, 4.69) is 15.0 Å². The lowest BCUT2D eigenvalue weighted by atomic mass is 10.0. The smallest absolute Gasteiger partial charge is 0.344 e. The second-order valence-corrected chi connectivity index (χ2v) is 4.99. The molecule has 7 heteroatoms. The summed E-state index contributed by atoms with van der Waals surface area (Å²) >= 11 is 0. The van der Waals surface area contributed by atoms with Gasteiger partial charge < -0.3 is 10.1 Å². The van der Waals surface area contributed by atoms with E-state index in [1.165, 1.54) is 19.2 Å². The van der Waals surface area contributed by atoms with Gasteiger partial charge in [-0.15, -0.1) is 0 Å². The number of esters is 1. The minimum atomic E-state index is -0.692. The first-order chi connectivity index (χ1) is 10.0. The van der Waals surface area contributed by atoms with E-state index in [4.69, 9.17) is 0 Å². The first-order valence-electron chi connectivity index (χ1n) is 6.86. The highest BCUT2D eigenvalue weighted by Crippen LogP contribution is 2.27. The summed E-state index contributed by atoms with van der Waals surface area (Å²) in [7, 11) is 1.21. The Kier molecular flexibility index (Phi) is 4.87. The quantitative estimate of drug-likeness (QED) is 0.512. The number of piperazine rings is 1. The van der Waals surface area contributed by atoms with Gasteiger partial charge in [0.05, 0.1) is 12.0 Å². The van der Waals surface area contributed by atoms with Gasteiger partial charge in [-0.3, -0.25) is 15.0 Å². The standard InChI is InChI=1S/C14H19N3O4/c1-10(16-7-5-15-6-8-16)11-3-4-12(14(18)21-2)13(9-11)17(19)20/h3-4,9-10,15H,5-8H2,1-2H3. The topological polar surface area (TPSA) is 84.7 Å². The van der Waals surface area contributed by atoms with E-state index < -0.39 is 10.9 Å². The third kappa shape index (κ3) is 3.37. The highest BCUT2D eigenvalue weighted by Gasteiger charge is 2.25. The first kappa shape index (κ1) is 15.4. The molecule has 7 nitrogen and oxygen atoms in total. The van der Waals surface area contributed by atoms with Crippen LogP contribution in [0.25, 0.3) is 0 Å². The summed E-state index contributed by atoms with van der Waals surface area (Å²) in [6, 6.07) is 4.76.